The lowest BCUT2D eigenvalue weighted by Crippen LogP contribution is -2.25. The van der Waals surface area contributed by atoms with Gasteiger partial charge in [0.1, 0.15) is 10.8 Å². The monoisotopic (exact) mass is 332 g/mol. The average molecular weight is 332 g/mol. The van der Waals surface area contributed by atoms with Crippen molar-refractivity contribution in [3.63, 3.8) is 0 Å². The number of carbonyl (C=O) groups excluding carboxylic acids is 2. The largest absolute Gasteiger partial charge is 0.545 e. The van der Waals surface area contributed by atoms with Gasteiger partial charge in [0.2, 0.25) is 0 Å². The fourth-order valence-electron chi connectivity index (χ4n) is 2.86. The van der Waals surface area contributed by atoms with Crippen molar-refractivity contribution < 1.29 is 19.1 Å². The maximum Gasteiger partial charge on any atom is 0.259 e. The van der Waals surface area contributed by atoms with E-state index in [1.54, 1.807) is 6.07 Å². The Morgan fingerprint density at radius 2 is 1.87 bits per heavy atom. The summed E-state index contributed by atoms with van der Waals surface area (Å²) in [5, 5.41) is 14.3. The molecule has 0 spiro atoms. The smallest absolute Gasteiger partial charge is 0.259 e. The van der Waals surface area contributed by atoms with Crippen molar-refractivity contribution in [3.8, 4) is 0 Å². The number of nitrogens with one attached hydrogen (secondary N) is 1. The summed E-state index contributed by atoms with van der Waals surface area (Å²) in [5.74, 6) is -2.59. The van der Waals surface area contributed by atoms with Gasteiger partial charge < -0.3 is 15.2 Å². The molecule has 1 amide bonds. The molecule has 0 radical (unpaired) electrons. The molecule has 1 aliphatic rings. The van der Waals surface area contributed by atoms with Crippen molar-refractivity contribution >= 4 is 28.2 Å². The van der Waals surface area contributed by atoms with Crippen LogP contribution in [0.1, 0.15) is 50.4 Å². The third-order valence-corrected chi connectivity index (χ3v) is 5.18. The Bertz CT molecular complexity index is 769. The molecule has 1 aliphatic carbocycles. The van der Waals surface area contributed by atoms with Gasteiger partial charge in [-0.25, -0.2) is 4.39 Å². The fourth-order valence-corrected chi connectivity index (χ4v) is 4.13. The zero-order valence-electron chi connectivity index (χ0n) is 12.4. The molecule has 0 unspecified atom stereocenters. The standard InChI is InChI=1S/C17H16FNO3S/c18-12-8-5-4-6-10(12)15(20)19-16-14(17(21)22)11-7-2-1-3-9-13(11)23-16/h4-6,8H,1-3,7,9H2,(H,19,20)(H,21,22)/p-1. The summed E-state index contributed by atoms with van der Waals surface area (Å²) in [5.41, 5.74) is 0.702. The molecule has 1 aromatic heterocycles. The molecule has 4 nitrogen and oxygen atoms in total. The van der Waals surface area contributed by atoms with Gasteiger partial charge in [-0.05, 0) is 43.4 Å². The van der Waals surface area contributed by atoms with Crippen molar-refractivity contribution in [1.29, 1.82) is 0 Å². The molecule has 0 fully saturated rings. The highest BCUT2D eigenvalue weighted by Crippen LogP contribution is 2.37. The number of hydrogen-bond donors (Lipinski definition) is 1. The molecule has 1 N–H and O–H groups in total. The molecule has 1 heterocycles. The minimum atomic E-state index is -1.30. The van der Waals surface area contributed by atoms with Gasteiger partial charge in [-0.15, -0.1) is 11.3 Å². The van der Waals surface area contributed by atoms with Gasteiger partial charge in [-0.3, -0.25) is 4.79 Å². The first-order chi connectivity index (χ1) is 11.1. The number of halogens is 1. The Balaban J connectivity index is 1.95. The number of aryl methyl sites for hydroxylation is 1. The quantitative estimate of drug-likeness (QED) is 0.879. The minimum absolute atomic E-state index is 0.0524. The number of amides is 1. The predicted molar refractivity (Wildman–Crippen MR) is 84.3 cm³/mol. The van der Waals surface area contributed by atoms with E-state index in [1.165, 1.54) is 29.5 Å². The Kier molecular flexibility index (Phi) is 4.43. The fraction of sp³-hybridized carbons (Fsp3) is 0.294. The molecule has 23 heavy (non-hydrogen) atoms. The van der Waals surface area contributed by atoms with Crippen LogP contribution in [0.25, 0.3) is 0 Å². The molecule has 120 valence electrons. The third kappa shape index (κ3) is 3.12. The zero-order valence-corrected chi connectivity index (χ0v) is 13.2. The molecule has 0 saturated heterocycles. The van der Waals surface area contributed by atoms with Crippen molar-refractivity contribution in [1.82, 2.24) is 0 Å². The summed E-state index contributed by atoms with van der Waals surface area (Å²) in [6.45, 7) is 0. The van der Waals surface area contributed by atoms with Crippen LogP contribution in [0.3, 0.4) is 0 Å². The van der Waals surface area contributed by atoms with E-state index in [-0.39, 0.29) is 16.1 Å². The number of carboxylic acids is 1. The second-order valence-corrected chi connectivity index (χ2v) is 6.60. The topological polar surface area (TPSA) is 69.2 Å². The zero-order chi connectivity index (χ0) is 16.4. The van der Waals surface area contributed by atoms with Crippen molar-refractivity contribution in [2.24, 2.45) is 0 Å². The van der Waals surface area contributed by atoms with Crippen molar-refractivity contribution in [2.45, 2.75) is 32.1 Å². The van der Waals surface area contributed by atoms with Gasteiger partial charge in [-0.2, -0.15) is 0 Å². The number of fused-ring (bicyclic) bond motifs is 1. The van der Waals surface area contributed by atoms with Crippen LogP contribution in [0.5, 0.6) is 0 Å². The second-order valence-electron chi connectivity index (χ2n) is 5.49. The summed E-state index contributed by atoms with van der Waals surface area (Å²) < 4.78 is 13.7. The van der Waals surface area contributed by atoms with Gasteiger partial charge in [0.15, 0.2) is 0 Å². The highest BCUT2D eigenvalue weighted by atomic mass is 32.1. The molecular formula is C17H15FNO3S-. The predicted octanol–water partition coefficient (Wildman–Crippen LogP) is 2.77. The summed E-state index contributed by atoms with van der Waals surface area (Å²) in [4.78, 5) is 24.7. The molecule has 2 aromatic rings. The van der Waals surface area contributed by atoms with Crippen LogP contribution in [-0.2, 0) is 12.8 Å². The van der Waals surface area contributed by atoms with Gasteiger partial charge in [0.05, 0.1) is 11.5 Å². The number of anilines is 1. The molecule has 0 bridgehead atoms. The summed E-state index contributed by atoms with van der Waals surface area (Å²) in [6, 6.07) is 5.60. The van der Waals surface area contributed by atoms with E-state index in [1.807, 2.05) is 0 Å². The molecule has 1 aromatic carbocycles. The third-order valence-electron chi connectivity index (χ3n) is 3.97. The van der Waals surface area contributed by atoms with Crippen LogP contribution in [0.15, 0.2) is 24.3 Å². The van der Waals surface area contributed by atoms with Crippen LogP contribution >= 0.6 is 11.3 Å². The number of carbonyl (C=O) groups is 2. The second kappa shape index (κ2) is 6.50. The van der Waals surface area contributed by atoms with Crippen LogP contribution in [0.4, 0.5) is 9.39 Å². The summed E-state index contributed by atoms with van der Waals surface area (Å²) in [6.07, 6.45) is 4.46. The lowest BCUT2D eigenvalue weighted by Gasteiger charge is -2.10. The van der Waals surface area contributed by atoms with E-state index >= 15 is 0 Å². The number of hydrogen-bond acceptors (Lipinski definition) is 4. The Morgan fingerprint density at radius 3 is 2.61 bits per heavy atom. The van der Waals surface area contributed by atoms with Crippen LogP contribution in [0, 0.1) is 5.82 Å². The lowest BCUT2D eigenvalue weighted by atomic mass is 10.1. The molecule has 3 rings (SSSR count). The van der Waals surface area contributed by atoms with Crippen LogP contribution in [-0.4, -0.2) is 11.9 Å². The van der Waals surface area contributed by atoms with E-state index in [2.05, 4.69) is 5.32 Å². The maximum absolute atomic E-state index is 13.7. The normalized spacial score (nSPS) is 14.0. The van der Waals surface area contributed by atoms with E-state index in [0.29, 0.717) is 6.42 Å². The van der Waals surface area contributed by atoms with Gasteiger partial charge in [-0.1, -0.05) is 18.6 Å². The molecule has 0 saturated carbocycles. The van der Waals surface area contributed by atoms with Gasteiger partial charge in [0.25, 0.3) is 5.91 Å². The first kappa shape index (κ1) is 15.7. The summed E-state index contributed by atoms with van der Waals surface area (Å²) in [7, 11) is 0. The van der Waals surface area contributed by atoms with Gasteiger partial charge in [0, 0.05) is 10.4 Å². The Morgan fingerprint density at radius 1 is 1.13 bits per heavy atom. The number of benzene rings is 1. The molecule has 6 heteroatoms. The van der Waals surface area contributed by atoms with Crippen LogP contribution < -0.4 is 10.4 Å². The van der Waals surface area contributed by atoms with E-state index in [4.69, 9.17) is 0 Å². The van der Waals surface area contributed by atoms with Crippen molar-refractivity contribution in [2.75, 3.05) is 5.32 Å². The number of aromatic carboxylic acids is 1. The molecular weight excluding hydrogens is 317 g/mol. The Labute approximate surface area is 137 Å². The highest BCUT2D eigenvalue weighted by Gasteiger charge is 2.22. The van der Waals surface area contributed by atoms with E-state index in [0.717, 1.165) is 36.1 Å². The highest BCUT2D eigenvalue weighted by molar-refractivity contribution is 7.17. The summed E-state index contributed by atoms with van der Waals surface area (Å²) >= 11 is 1.26. The maximum atomic E-state index is 13.7. The van der Waals surface area contributed by atoms with Crippen LogP contribution in [0.2, 0.25) is 0 Å². The van der Waals surface area contributed by atoms with Crippen molar-refractivity contribution in [3.05, 3.63) is 51.7 Å². The minimum Gasteiger partial charge on any atom is -0.545 e. The average Bonchev–Trinajstić information content (AvgIpc) is 2.69. The number of rotatable bonds is 3. The molecule has 0 aliphatic heterocycles. The number of thiophene rings is 1. The van der Waals surface area contributed by atoms with Gasteiger partial charge >= 0.3 is 0 Å². The number of carboxylic acid groups (broad SMARTS) is 1. The first-order valence-electron chi connectivity index (χ1n) is 7.49. The lowest BCUT2D eigenvalue weighted by molar-refractivity contribution is -0.254. The Hall–Kier alpha value is -2.21. The SMILES string of the molecule is O=C(Nc1sc2c(c1C(=O)[O-])CCCCC2)c1ccccc1F. The van der Waals surface area contributed by atoms with E-state index in [9.17, 15) is 19.1 Å². The molecule has 0 atom stereocenters. The first-order valence-corrected chi connectivity index (χ1v) is 8.31. The van der Waals surface area contributed by atoms with E-state index < -0.39 is 17.7 Å².